The molecule has 0 unspecified atom stereocenters. The first-order valence-electron chi connectivity index (χ1n) is 13.8. The number of benzene rings is 3. The summed E-state index contributed by atoms with van der Waals surface area (Å²) in [5.41, 5.74) is 3.65. The van der Waals surface area contributed by atoms with Crippen LogP contribution in [0.15, 0.2) is 72.5 Å². The fourth-order valence-corrected chi connectivity index (χ4v) is 6.08. The van der Waals surface area contributed by atoms with Crippen LogP contribution in [0.5, 0.6) is 0 Å². The summed E-state index contributed by atoms with van der Waals surface area (Å²) in [6.07, 6.45) is 1.33. The number of hydrogen-bond acceptors (Lipinski definition) is 6. The number of carbonyl (C=O) groups is 1. The molecule has 0 atom stereocenters. The second-order valence-corrected chi connectivity index (χ2v) is 15.6. The molecule has 0 saturated heterocycles. The van der Waals surface area contributed by atoms with Crippen molar-refractivity contribution in [2.75, 3.05) is 0 Å². The Morgan fingerprint density at radius 1 is 0.810 bits per heavy atom. The minimum Gasteiger partial charge on any atom is -0.512 e. The predicted octanol–water partition coefficient (Wildman–Crippen LogP) is 10.4. The van der Waals surface area contributed by atoms with Gasteiger partial charge in [0.05, 0.1) is 5.01 Å². The predicted molar refractivity (Wildman–Crippen MR) is 176 cm³/mol. The summed E-state index contributed by atoms with van der Waals surface area (Å²) in [6.45, 7) is 17.9. The SMILES string of the molecule is CC(C)(C)C(=O)/C=C(\O)C(C)(C)C.CC(C)(C)c1cc(-c2nc3nc(-c4ccccc4)sc3s2)[c-]c2ccccc12.[Ir]. The van der Waals surface area contributed by atoms with Gasteiger partial charge in [0, 0.05) is 42.6 Å². The molecule has 3 aromatic carbocycles. The summed E-state index contributed by atoms with van der Waals surface area (Å²) in [5.74, 6) is 0.104. The van der Waals surface area contributed by atoms with Crippen LogP contribution in [-0.2, 0) is 30.3 Å². The molecule has 0 bridgehead atoms. The molecule has 7 heteroatoms. The number of fused-ring (bicyclic) bond motifs is 2. The van der Waals surface area contributed by atoms with Crippen molar-refractivity contribution in [2.24, 2.45) is 10.8 Å². The van der Waals surface area contributed by atoms with E-state index < -0.39 is 5.41 Å². The van der Waals surface area contributed by atoms with Crippen LogP contribution in [0, 0.1) is 16.9 Å². The molecule has 0 saturated carbocycles. The molecule has 0 amide bonds. The van der Waals surface area contributed by atoms with Crippen molar-refractivity contribution in [1.82, 2.24) is 9.97 Å². The van der Waals surface area contributed by atoms with Crippen molar-refractivity contribution in [1.29, 1.82) is 0 Å². The van der Waals surface area contributed by atoms with E-state index in [1.807, 2.05) is 59.7 Å². The Balaban J connectivity index is 0.000000297. The second kappa shape index (κ2) is 12.9. The number of aliphatic hydroxyl groups excluding tert-OH is 1. The van der Waals surface area contributed by atoms with E-state index in [9.17, 15) is 9.90 Å². The molecule has 42 heavy (non-hydrogen) atoms. The van der Waals surface area contributed by atoms with Gasteiger partial charge in [-0.15, -0.1) is 51.8 Å². The molecule has 1 radical (unpaired) electrons. The number of allylic oxidation sites excluding steroid dienone is 2. The zero-order chi connectivity index (χ0) is 30.2. The Hall–Kier alpha value is -2.70. The Bertz CT molecular complexity index is 1680. The number of thiazole rings is 2. The van der Waals surface area contributed by atoms with Gasteiger partial charge in [-0.05, 0) is 5.41 Å². The van der Waals surface area contributed by atoms with E-state index in [-0.39, 0.29) is 42.5 Å². The summed E-state index contributed by atoms with van der Waals surface area (Å²) >= 11 is 3.42. The first-order valence-corrected chi connectivity index (χ1v) is 15.4. The van der Waals surface area contributed by atoms with Crippen LogP contribution in [-0.4, -0.2) is 20.9 Å². The van der Waals surface area contributed by atoms with Gasteiger partial charge in [-0.2, -0.15) is 0 Å². The van der Waals surface area contributed by atoms with Crippen molar-refractivity contribution < 1.29 is 30.0 Å². The van der Waals surface area contributed by atoms with Gasteiger partial charge in [0.2, 0.25) is 0 Å². The van der Waals surface area contributed by atoms with Crippen molar-refractivity contribution >= 4 is 48.9 Å². The Kier molecular flexibility index (Phi) is 10.4. The molecule has 0 aliphatic rings. The van der Waals surface area contributed by atoms with Crippen LogP contribution < -0.4 is 0 Å². The number of carbonyl (C=O) groups excluding carboxylic acids is 1. The Morgan fingerprint density at radius 3 is 1.95 bits per heavy atom. The summed E-state index contributed by atoms with van der Waals surface area (Å²) < 4.78 is 1.16. The third-order valence-electron chi connectivity index (χ3n) is 6.59. The standard InChI is InChI=1S/C24H19N2S2.C11H20O2.Ir/c1-24(2,3)19-14-17(13-16-11-7-8-12-18(16)19)22-26-20-23(28-22)27-21(25-20)15-9-5-4-6-10-15;1-10(2,3)8(12)7-9(13)11(4,5)6;/h4-12,14H,1-3H3;7,12H,1-6H3;/q-1;;/b;8-7-;. The van der Waals surface area contributed by atoms with Gasteiger partial charge in [-0.1, -0.05) is 122 Å². The quantitative estimate of drug-likeness (QED) is 0.113. The van der Waals surface area contributed by atoms with Crippen LogP contribution in [0.1, 0.15) is 67.9 Å². The average molecular weight is 776 g/mol. The molecule has 0 spiro atoms. The molecular weight excluding hydrogens is 737 g/mol. The zero-order valence-electron chi connectivity index (χ0n) is 25.8. The van der Waals surface area contributed by atoms with Crippen molar-refractivity contribution in [3.63, 3.8) is 0 Å². The smallest absolute Gasteiger partial charge is 0.174 e. The van der Waals surface area contributed by atoms with Gasteiger partial charge in [0.15, 0.2) is 11.4 Å². The van der Waals surface area contributed by atoms with E-state index >= 15 is 0 Å². The third kappa shape index (κ3) is 8.02. The molecule has 2 heterocycles. The molecule has 223 valence electrons. The number of ketones is 1. The van der Waals surface area contributed by atoms with Crippen LogP contribution in [0.4, 0.5) is 0 Å². The maximum absolute atomic E-state index is 11.5. The molecule has 0 aliphatic heterocycles. The number of aromatic nitrogens is 2. The van der Waals surface area contributed by atoms with E-state index in [0.717, 1.165) is 36.2 Å². The van der Waals surface area contributed by atoms with E-state index in [1.165, 1.54) is 17.0 Å². The maximum Gasteiger partial charge on any atom is 0.174 e. The summed E-state index contributed by atoms with van der Waals surface area (Å²) in [7, 11) is 0. The first kappa shape index (κ1) is 33.8. The molecule has 5 rings (SSSR count). The number of hydrogen-bond donors (Lipinski definition) is 1. The minimum atomic E-state index is -0.417. The van der Waals surface area contributed by atoms with E-state index in [1.54, 1.807) is 22.7 Å². The molecule has 4 nitrogen and oxygen atoms in total. The van der Waals surface area contributed by atoms with Gasteiger partial charge in [-0.25, -0.2) is 4.98 Å². The van der Waals surface area contributed by atoms with E-state index in [0.29, 0.717) is 0 Å². The van der Waals surface area contributed by atoms with Crippen LogP contribution in [0.2, 0.25) is 0 Å². The Labute approximate surface area is 271 Å². The third-order valence-corrected chi connectivity index (χ3v) is 8.85. The van der Waals surface area contributed by atoms with Crippen molar-refractivity contribution in [3.8, 4) is 21.1 Å². The normalized spacial score (nSPS) is 12.5. The van der Waals surface area contributed by atoms with E-state index in [2.05, 4.69) is 69.3 Å². The fraction of sp³-hybridized carbons (Fsp3) is 0.343. The summed E-state index contributed by atoms with van der Waals surface area (Å²) in [6, 6.07) is 24.6. The molecule has 5 aromatic rings. The number of rotatable bonds is 3. The summed E-state index contributed by atoms with van der Waals surface area (Å²) in [5, 5.41) is 14.0. The molecule has 1 N–H and O–H groups in total. The van der Waals surface area contributed by atoms with Crippen LogP contribution in [0.25, 0.3) is 41.6 Å². The fourth-order valence-electron chi connectivity index (χ4n) is 3.98. The molecule has 0 fully saturated rings. The number of aliphatic hydroxyl groups is 1. The average Bonchev–Trinajstić information content (AvgIpc) is 3.47. The van der Waals surface area contributed by atoms with Crippen LogP contribution >= 0.6 is 22.7 Å². The monoisotopic (exact) mass is 776 g/mol. The van der Waals surface area contributed by atoms with Gasteiger partial charge in [-0.3, -0.25) is 9.78 Å². The van der Waals surface area contributed by atoms with Gasteiger partial charge in [0.25, 0.3) is 0 Å². The number of nitrogens with zero attached hydrogens (tertiary/aromatic N) is 2. The maximum atomic E-state index is 11.5. The first-order chi connectivity index (χ1) is 19.0. The second-order valence-electron chi connectivity index (χ2n) is 13.3. The topological polar surface area (TPSA) is 63.1 Å². The zero-order valence-corrected chi connectivity index (χ0v) is 29.8. The summed E-state index contributed by atoms with van der Waals surface area (Å²) in [4.78, 5) is 21.1. The molecule has 2 aromatic heterocycles. The van der Waals surface area contributed by atoms with Gasteiger partial charge < -0.3 is 5.11 Å². The largest absolute Gasteiger partial charge is 0.512 e. The molecule has 0 aliphatic carbocycles. The van der Waals surface area contributed by atoms with Gasteiger partial charge >= 0.3 is 0 Å². The minimum absolute atomic E-state index is 0. The van der Waals surface area contributed by atoms with Crippen molar-refractivity contribution in [2.45, 2.75) is 67.7 Å². The van der Waals surface area contributed by atoms with E-state index in [4.69, 9.17) is 9.97 Å². The van der Waals surface area contributed by atoms with Crippen molar-refractivity contribution in [3.05, 3.63) is 84.1 Å². The molecular formula is C35H39IrN2O2S2-. The van der Waals surface area contributed by atoms with Crippen LogP contribution in [0.3, 0.4) is 0 Å². The van der Waals surface area contributed by atoms with Gasteiger partial charge in [0.1, 0.15) is 14.8 Å². The Morgan fingerprint density at radius 2 is 1.38 bits per heavy atom.